The molecule has 0 radical (unpaired) electrons. The van der Waals surface area contributed by atoms with Gasteiger partial charge in [0.05, 0.1) is 11.9 Å². The molecule has 0 spiro atoms. The van der Waals surface area contributed by atoms with Crippen molar-refractivity contribution < 1.29 is 0 Å². The van der Waals surface area contributed by atoms with Gasteiger partial charge >= 0.3 is 0 Å². The first-order valence-corrected chi connectivity index (χ1v) is 7.75. The molecule has 0 aliphatic heterocycles. The van der Waals surface area contributed by atoms with E-state index in [9.17, 15) is 0 Å². The molecule has 0 aliphatic carbocycles. The lowest BCUT2D eigenvalue weighted by Gasteiger charge is -2.05. The molecule has 0 fully saturated rings. The summed E-state index contributed by atoms with van der Waals surface area (Å²) in [6.07, 6.45) is 5.81. The van der Waals surface area contributed by atoms with Crippen molar-refractivity contribution in [2.45, 2.75) is 0 Å². The van der Waals surface area contributed by atoms with Gasteiger partial charge in [-0.15, -0.1) is 0 Å². The number of benzene rings is 2. The number of aromatic nitrogens is 3. The van der Waals surface area contributed by atoms with Crippen LogP contribution in [0.25, 0.3) is 28.2 Å². The molecule has 0 saturated carbocycles. The van der Waals surface area contributed by atoms with Crippen molar-refractivity contribution in [1.29, 1.82) is 0 Å². The summed E-state index contributed by atoms with van der Waals surface area (Å²) in [6, 6.07) is 18.4. The van der Waals surface area contributed by atoms with Crippen molar-refractivity contribution in [3.05, 3.63) is 77.7 Å². The molecule has 0 atom stereocenters. The lowest BCUT2D eigenvalue weighted by molar-refractivity contribution is 1.11. The topological polar surface area (TPSA) is 30.2 Å². The van der Waals surface area contributed by atoms with Crippen LogP contribution in [0.3, 0.4) is 0 Å². The van der Waals surface area contributed by atoms with Crippen molar-refractivity contribution in [2.75, 3.05) is 0 Å². The normalized spacial score (nSPS) is 11.0. The molecule has 0 unspecified atom stereocenters. The molecular formula is C18H12BrN3. The molecule has 0 saturated heterocycles. The van der Waals surface area contributed by atoms with E-state index in [1.165, 1.54) is 0 Å². The van der Waals surface area contributed by atoms with Gasteiger partial charge in [-0.05, 0) is 17.7 Å². The number of hydrogen-bond acceptors (Lipinski definition) is 2. The fourth-order valence-electron chi connectivity index (χ4n) is 2.49. The van der Waals surface area contributed by atoms with E-state index in [0.717, 1.165) is 26.9 Å². The second-order valence-electron chi connectivity index (χ2n) is 5.03. The van der Waals surface area contributed by atoms with E-state index in [0.29, 0.717) is 5.78 Å². The van der Waals surface area contributed by atoms with Gasteiger partial charge in [-0.3, -0.25) is 4.40 Å². The molecular weight excluding hydrogens is 338 g/mol. The summed E-state index contributed by atoms with van der Waals surface area (Å²) in [7, 11) is 0. The number of imidazole rings is 1. The quantitative estimate of drug-likeness (QED) is 0.519. The van der Waals surface area contributed by atoms with Crippen LogP contribution < -0.4 is 0 Å². The van der Waals surface area contributed by atoms with Crippen LogP contribution >= 0.6 is 15.9 Å². The van der Waals surface area contributed by atoms with Crippen LogP contribution in [0.15, 0.2) is 77.7 Å². The van der Waals surface area contributed by atoms with E-state index in [4.69, 9.17) is 0 Å². The minimum Gasteiger partial charge on any atom is -0.283 e. The van der Waals surface area contributed by atoms with E-state index in [1.54, 1.807) is 0 Å². The lowest BCUT2D eigenvalue weighted by atomic mass is 10.1. The van der Waals surface area contributed by atoms with Gasteiger partial charge in [-0.2, -0.15) is 0 Å². The Labute approximate surface area is 136 Å². The monoisotopic (exact) mass is 349 g/mol. The first kappa shape index (κ1) is 13.2. The Hall–Kier alpha value is -2.46. The molecule has 4 aromatic rings. The molecule has 0 N–H and O–H groups in total. The third-order valence-electron chi connectivity index (χ3n) is 3.61. The Balaban J connectivity index is 1.88. The molecule has 2 heterocycles. The van der Waals surface area contributed by atoms with Crippen LogP contribution in [0, 0.1) is 0 Å². The predicted octanol–water partition coefficient (Wildman–Crippen LogP) is 4.83. The maximum atomic E-state index is 4.47. The summed E-state index contributed by atoms with van der Waals surface area (Å²) in [5, 5.41) is 0. The molecule has 2 aromatic carbocycles. The largest absolute Gasteiger partial charge is 0.283 e. The second-order valence-corrected chi connectivity index (χ2v) is 5.94. The van der Waals surface area contributed by atoms with Gasteiger partial charge in [0, 0.05) is 28.0 Å². The van der Waals surface area contributed by atoms with E-state index in [1.807, 2.05) is 47.1 Å². The van der Waals surface area contributed by atoms with Crippen molar-refractivity contribution in [3.63, 3.8) is 0 Å². The molecule has 3 nitrogen and oxygen atoms in total. The standard InChI is InChI=1S/C18H12BrN3/c19-16-8-6-13(7-9-16)15-10-20-18-21-11-17(22(18)12-15)14-4-2-1-3-5-14/h1-12H. The maximum Gasteiger partial charge on any atom is 0.234 e. The molecule has 22 heavy (non-hydrogen) atoms. The first-order valence-electron chi connectivity index (χ1n) is 6.96. The highest BCUT2D eigenvalue weighted by Gasteiger charge is 2.08. The predicted molar refractivity (Wildman–Crippen MR) is 91.6 cm³/mol. The molecule has 0 aliphatic rings. The zero-order chi connectivity index (χ0) is 14.9. The van der Waals surface area contributed by atoms with Crippen molar-refractivity contribution >= 4 is 21.7 Å². The van der Waals surface area contributed by atoms with Gasteiger partial charge in [0.2, 0.25) is 5.78 Å². The summed E-state index contributed by atoms with van der Waals surface area (Å²) < 4.78 is 3.10. The number of rotatable bonds is 2. The second kappa shape index (κ2) is 5.39. The highest BCUT2D eigenvalue weighted by Crippen LogP contribution is 2.24. The van der Waals surface area contributed by atoms with E-state index in [2.05, 4.69) is 56.4 Å². The molecule has 0 amide bonds. The molecule has 0 bridgehead atoms. The van der Waals surface area contributed by atoms with Crippen molar-refractivity contribution in [1.82, 2.24) is 14.4 Å². The van der Waals surface area contributed by atoms with Crippen LogP contribution in [-0.4, -0.2) is 14.4 Å². The van der Waals surface area contributed by atoms with Gasteiger partial charge in [0.25, 0.3) is 0 Å². The van der Waals surface area contributed by atoms with Crippen LogP contribution in [0.1, 0.15) is 0 Å². The number of fused-ring (bicyclic) bond motifs is 1. The summed E-state index contributed by atoms with van der Waals surface area (Å²) in [5.74, 6) is 0.708. The van der Waals surface area contributed by atoms with Crippen LogP contribution in [0.5, 0.6) is 0 Å². The lowest BCUT2D eigenvalue weighted by Crippen LogP contribution is -1.92. The molecule has 106 valence electrons. The van der Waals surface area contributed by atoms with E-state index >= 15 is 0 Å². The van der Waals surface area contributed by atoms with Crippen molar-refractivity contribution in [3.8, 4) is 22.4 Å². The summed E-state index contributed by atoms with van der Waals surface area (Å²) in [5.41, 5.74) is 4.37. The average Bonchev–Trinajstić information content (AvgIpc) is 2.99. The fraction of sp³-hybridized carbons (Fsp3) is 0. The smallest absolute Gasteiger partial charge is 0.234 e. The third-order valence-corrected chi connectivity index (χ3v) is 4.14. The van der Waals surface area contributed by atoms with Gasteiger partial charge in [0.1, 0.15) is 0 Å². The Kier molecular flexibility index (Phi) is 3.24. The Morgan fingerprint density at radius 3 is 2.23 bits per heavy atom. The van der Waals surface area contributed by atoms with Gasteiger partial charge in [-0.25, -0.2) is 9.97 Å². The van der Waals surface area contributed by atoms with Crippen LogP contribution in [0.4, 0.5) is 0 Å². The first-order chi connectivity index (χ1) is 10.8. The molecule has 4 heteroatoms. The van der Waals surface area contributed by atoms with E-state index in [-0.39, 0.29) is 0 Å². The summed E-state index contributed by atoms with van der Waals surface area (Å²) in [4.78, 5) is 8.85. The minimum absolute atomic E-state index is 0.708. The third kappa shape index (κ3) is 2.31. The number of halogens is 1. The molecule has 2 aromatic heterocycles. The SMILES string of the molecule is Brc1ccc(-c2cnc3ncc(-c4ccccc4)n3c2)cc1. The van der Waals surface area contributed by atoms with Crippen LogP contribution in [0.2, 0.25) is 0 Å². The molecule has 4 rings (SSSR count). The van der Waals surface area contributed by atoms with Gasteiger partial charge in [-0.1, -0.05) is 58.4 Å². The zero-order valence-electron chi connectivity index (χ0n) is 11.6. The highest BCUT2D eigenvalue weighted by atomic mass is 79.9. The van der Waals surface area contributed by atoms with Crippen LogP contribution in [-0.2, 0) is 0 Å². The summed E-state index contributed by atoms with van der Waals surface area (Å²) >= 11 is 3.46. The zero-order valence-corrected chi connectivity index (χ0v) is 13.2. The van der Waals surface area contributed by atoms with E-state index < -0.39 is 0 Å². The van der Waals surface area contributed by atoms with Gasteiger partial charge in [0.15, 0.2) is 0 Å². The fourth-order valence-corrected chi connectivity index (χ4v) is 2.75. The average molecular weight is 350 g/mol. The highest BCUT2D eigenvalue weighted by molar-refractivity contribution is 9.10. The Morgan fingerprint density at radius 1 is 0.727 bits per heavy atom. The Morgan fingerprint density at radius 2 is 1.45 bits per heavy atom. The minimum atomic E-state index is 0.708. The summed E-state index contributed by atoms with van der Waals surface area (Å²) in [6.45, 7) is 0. The Bertz CT molecular complexity index is 928. The number of hydrogen-bond donors (Lipinski definition) is 0. The van der Waals surface area contributed by atoms with Crippen molar-refractivity contribution in [2.24, 2.45) is 0 Å². The maximum absolute atomic E-state index is 4.47. The van der Waals surface area contributed by atoms with Gasteiger partial charge < -0.3 is 0 Å². The number of nitrogens with zero attached hydrogens (tertiary/aromatic N) is 3.